The summed E-state index contributed by atoms with van der Waals surface area (Å²) >= 11 is 1.69. The Hall–Kier alpha value is -1.39. The van der Waals surface area contributed by atoms with Crippen molar-refractivity contribution < 1.29 is 4.74 Å². The summed E-state index contributed by atoms with van der Waals surface area (Å²) in [4.78, 5) is 5.36. The zero-order valence-electron chi connectivity index (χ0n) is 10.5. The number of aromatic nitrogens is 1. The monoisotopic (exact) mass is 262 g/mol. The van der Waals surface area contributed by atoms with Crippen LogP contribution in [0.4, 0.5) is 0 Å². The van der Waals surface area contributed by atoms with Crippen LogP contribution in [-0.2, 0) is 0 Å². The summed E-state index contributed by atoms with van der Waals surface area (Å²) in [5.41, 5.74) is 1.87. The lowest BCUT2D eigenvalue weighted by molar-refractivity contribution is 0.306. The predicted molar refractivity (Wildman–Crippen MR) is 75.1 cm³/mol. The van der Waals surface area contributed by atoms with Crippen molar-refractivity contribution in [3.8, 4) is 5.75 Å². The van der Waals surface area contributed by atoms with Gasteiger partial charge in [0.2, 0.25) is 0 Å². The highest BCUT2D eigenvalue weighted by Gasteiger charge is 2.05. The average Bonchev–Trinajstić information content (AvgIpc) is 2.93. The van der Waals surface area contributed by atoms with Crippen LogP contribution >= 0.6 is 11.3 Å². The molecular formula is C14H18N2OS. The van der Waals surface area contributed by atoms with E-state index in [4.69, 9.17) is 4.74 Å². The molecule has 2 aromatic rings. The summed E-state index contributed by atoms with van der Waals surface area (Å²) in [5, 5.41) is 3.46. The van der Waals surface area contributed by atoms with E-state index in [1.165, 1.54) is 4.88 Å². The van der Waals surface area contributed by atoms with E-state index in [1.807, 2.05) is 42.0 Å². The molecule has 0 aliphatic rings. The van der Waals surface area contributed by atoms with Crippen molar-refractivity contribution in [2.75, 3.05) is 13.2 Å². The molecule has 0 fully saturated rings. The van der Waals surface area contributed by atoms with Gasteiger partial charge in [-0.1, -0.05) is 18.2 Å². The molecule has 18 heavy (non-hydrogen) atoms. The van der Waals surface area contributed by atoms with Crippen LogP contribution in [0.15, 0.2) is 42.0 Å². The Balaban J connectivity index is 1.59. The van der Waals surface area contributed by atoms with Gasteiger partial charge in [0.15, 0.2) is 0 Å². The third-order valence-corrected chi connectivity index (χ3v) is 3.62. The zero-order valence-corrected chi connectivity index (χ0v) is 11.3. The van der Waals surface area contributed by atoms with Crippen LogP contribution in [-0.4, -0.2) is 18.1 Å². The van der Waals surface area contributed by atoms with Crippen molar-refractivity contribution in [2.24, 2.45) is 0 Å². The number of rotatable bonds is 7. The van der Waals surface area contributed by atoms with Gasteiger partial charge in [-0.05, 0) is 32.0 Å². The molecule has 0 bridgehead atoms. The summed E-state index contributed by atoms with van der Waals surface area (Å²) in [6.45, 7) is 3.85. The molecule has 0 amide bonds. The van der Waals surface area contributed by atoms with Gasteiger partial charge in [-0.2, -0.15) is 0 Å². The molecular weight excluding hydrogens is 244 g/mol. The van der Waals surface area contributed by atoms with Gasteiger partial charge in [0.05, 0.1) is 12.1 Å². The molecule has 1 unspecified atom stereocenters. The van der Waals surface area contributed by atoms with Crippen LogP contribution in [0.2, 0.25) is 0 Å². The summed E-state index contributed by atoms with van der Waals surface area (Å²) < 4.78 is 5.63. The molecule has 1 N–H and O–H groups in total. The number of nitrogens with zero attached hydrogens (tertiary/aromatic N) is 1. The molecule has 0 saturated heterocycles. The Morgan fingerprint density at radius 2 is 2.17 bits per heavy atom. The molecule has 0 saturated carbocycles. The second-order valence-corrected chi connectivity index (χ2v) is 5.01. The fourth-order valence-corrected chi connectivity index (χ4v) is 2.29. The molecule has 0 radical (unpaired) electrons. The Bertz CT molecular complexity index is 430. The molecule has 1 atom stereocenters. The van der Waals surface area contributed by atoms with Gasteiger partial charge in [0.25, 0.3) is 0 Å². The van der Waals surface area contributed by atoms with Crippen LogP contribution in [0.25, 0.3) is 0 Å². The van der Waals surface area contributed by atoms with Crippen LogP contribution in [0.1, 0.15) is 24.3 Å². The molecule has 1 aromatic heterocycles. The van der Waals surface area contributed by atoms with E-state index >= 15 is 0 Å². The maximum atomic E-state index is 5.63. The lowest BCUT2D eigenvalue weighted by atomic mass is 10.3. The minimum absolute atomic E-state index is 0.370. The standard InChI is InChI=1S/C14H18N2OS/c1-12(14-10-15-11-18-14)16-8-5-9-17-13-6-3-2-4-7-13/h2-4,6-7,10-12,16H,5,8-9H2,1H3. The minimum Gasteiger partial charge on any atom is -0.494 e. The van der Waals surface area contributed by atoms with E-state index in [9.17, 15) is 0 Å². The van der Waals surface area contributed by atoms with Crippen LogP contribution in [0.5, 0.6) is 5.75 Å². The Kier molecular flexibility index (Phi) is 5.17. The number of para-hydroxylation sites is 1. The predicted octanol–water partition coefficient (Wildman–Crippen LogP) is 3.26. The fraction of sp³-hybridized carbons (Fsp3) is 0.357. The summed E-state index contributed by atoms with van der Waals surface area (Å²) in [6.07, 6.45) is 2.92. The molecule has 1 aromatic carbocycles. The molecule has 0 aliphatic carbocycles. The number of thiazole rings is 1. The third-order valence-electron chi connectivity index (χ3n) is 2.66. The quantitative estimate of drug-likeness (QED) is 0.778. The van der Waals surface area contributed by atoms with Crippen molar-refractivity contribution in [1.82, 2.24) is 10.3 Å². The van der Waals surface area contributed by atoms with Gasteiger partial charge < -0.3 is 10.1 Å². The maximum Gasteiger partial charge on any atom is 0.119 e. The van der Waals surface area contributed by atoms with Crippen LogP contribution in [0, 0.1) is 0 Å². The zero-order chi connectivity index (χ0) is 12.6. The Labute approximate surface area is 112 Å². The van der Waals surface area contributed by atoms with Gasteiger partial charge in [-0.15, -0.1) is 11.3 Å². The third kappa shape index (κ3) is 4.13. The van der Waals surface area contributed by atoms with Crippen molar-refractivity contribution >= 4 is 11.3 Å². The molecule has 1 heterocycles. The highest BCUT2D eigenvalue weighted by Crippen LogP contribution is 2.15. The van der Waals surface area contributed by atoms with Crippen molar-refractivity contribution in [3.63, 3.8) is 0 Å². The first-order valence-electron chi connectivity index (χ1n) is 6.16. The van der Waals surface area contributed by atoms with Gasteiger partial charge in [0, 0.05) is 17.1 Å². The SMILES string of the molecule is CC(NCCCOc1ccccc1)c1cncs1. The summed E-state index contributed by atoms with van der Waals surface area (Å²) in [6, 6.07) is 10.3. The normalized spacial score (nSPS) is 12.3. The van der Waals surface area contributed by atoms with Gasteiger partial charge >= 0.3 is 0 Å². The summed E-state index contributed by atoms with van der Waals surface area (Å²) in [5.74, 6) is 0.938. The van der Waals surface area contributed by atoms with E-state index in [0.29, 0.717) is 6.04 Å². The van der Waals surface area contributed by atoms with Crippen LogP contribution < -0.4 is 10.1 Å². The molecule has 96 valence electrons. The van der Waals surface area contributed by atoms with Gasteiger partial charge in [0.1, 0.15) is 5.75 Å². The van der Waals surface area contributed by atoms with Crippen LogP contribution in [0.3, 0.4) is 0 Å². The van der Waals surface area contributed by atoms with E-state index in [-0.39, 0.29) is 0 Å². The second kappa shape index (κ2) is 7.13. The first kappa shape index (κ1) is 13.1. The number of ether oxygens (including phenoxy) is 1. The first-order chi connectivity index (χ1) is 8.86. The van der Waals surface area contributed by atoms with Crippen molar-refractivity contribution in [1.29, 1.82) is 0 Å². The van der Waals surface area contributed by atoms with Crippen molar-refractivity contribution in [2.45, 2.75) is 19.4 Å². The largest absolute Gasteiger partial charge is 0.494 e. The molecule has 0 aliphatic heterocycles. The molecule has 0 spiro atoms. The average molecular weight is 262 g/mol. The lowest BCUT2D eigenvalue weighted by Gasteiger charge is -2.11. The molecule has 3 nitrogen and oxygen atoms in total. The minimum atomic E-state index is 0.370. The highest BCUT2D eigenvalue weighted by molar-refractivity contribution is 7.09. The highest BCUT2D eigenvalue weighted by atomic mass is 32.1. The van der Waals surface area contributed by atoms with Gasteiger partial charge in [-0.3, -0.25) is 4.98 Å². The smallest absolute Gasteiger partial charge is 0.119 e. The molecule has 2 rings (SSSR count). The topological polar surface area (TPSA) is 34.1 Å². The lowest BCUT2D eigenvalue weighted by Crippen LogP contribution is -2.20. The number of hydrogen-bond donors (Lipinski definition) is 1. The first-order valence-corrected chi connectivity index (χ1v) is 7.04. The molecule has 4 heteroatoms. The second-order valence-electron chi connectivity index (χ2n) is 4.09. The van der Waals surface area contributed by atoms with Crippen molar-refractivity contribution in [3.05, 3.63) is 46.9 Å². The van der Waals surface area contributed by atoms with E-state index in [0.717, 1.165) is 25.3 Å². The van der Waals surface area contributed by atoms with E-state index in [2.05, 4.69) is 17.2 Å². The van der Waals surface area contributed by atoms with E-state index in [1.54, 1.807) is 11.3 Å². The number of hydrogen-bond acceptors (Lipinski definition) is 4. The number of nitrogens with one attached hydrogen (secondary N) is 1. The Morgan fingerprint density at radius 1 is 1.33 bits per heavy atom. The summed E-state index contributed by atoms with van der Waals surface area (Å²) in [7, 11) is 0. The number of benzene rings is 1. The fourth-order valence-electron chi connectivity index (χ4n) is 1.64. The maximum absolute atomic E-state index is 5.63. The van der Waals surface area contributed by atoms with Gasteiger partial charge in [-0.25, -0.2) is 0 Å². The Morgan fingerprint density at radius 3 is 2.89 bits per heavy atom. The van der Waals surface area contributed by atoms with E-state index < -0.39 is 0 Å².